The predicted molar refractivity (Wildman–Crippen MR) is 98.5 cm³/mol. The second-order valence-electron chi connectivity index (χ2n) is 7.09. The molecule has 2 aliphatic heterocycles. The summed E-state index contributed by atoms with van der Waals surface area (Å²) in [4.78, 5) is 19.6. The average molecular weight is 335 g/mol. The summed E-state index contributed by atoms with van der Waals surface area (Å²) in [6, 6.07) is 16.8. The Hall–Kier alpha value is -2.20. The molecule has 2 fully saturated rings. The molecule has 0 spiro atoms. The first kappa shape index (κ1) is 16.3. The molecule has 4 heteroatoms. The van der Waals surface area contributed by atoms with Crippen LogP contribution in [0.1, 0.15) is 47.7 Å². The van der Waals surface area contributed by atoms with Gasteiger partial charge in [0.05, 0.1) is 6.04 Å². The summed E-state index contributed by atoms with van der Waals surface area (Å²) in [5.74, 6) is 0.416. The summed E-state index contributed by atoms with van der Waals surface area (Å²) in [5, 5.41) is 3.70. The van der Waals surface area contributed by atoms with Gasteiger partial charge in [0.15, 0.2) is 0 Å². The second kappa shape index (κ2) is 7.36. The van der Waals surface area contributed by atoms with E-state index in [4.69, 9.17) is 0 Å². The van der Waals surface area contributed by atoms with Gasteiger partial charge in [-0.15, -0.1) is 0 Å². The number of nitrogens with zero attached hydrogens (tertiary/aromatic N) is 2. The van der Waals surface area contributed by atoms with Crippen LogP contribution in [0.2, 0.25) is 0 Å². The number of pyridine rings is 1. The number of carbonyl (C=O) groups is 1. The second-order valence-corrected chi connectivity index (χ2v) is 7.09. The van der Waals surface area contributed by atoms with Crippen LogP contribution in [-0.4, -0.2) is 41.0 Å². The fraction of sp³-hybridized carbons (Fsp3) is 0.429. The molecule has 0 bridgehead atoms. The molecule has 3 atom stereocenters. The Morgan fingerprint density at radius 1 is 1.04 bits per heavy atom. The quantitative estimate of drug-likeness (QED) is 0.916. The molecule has 2 saturated heterocycles. The van der Waals surface area contributed by atoms with Crippen LogP contribution in [0.5, 0.6) is 0 Å². The maximum atomic E-state index is 13.2. The number of carbonyl (C=O) groups excluding carboxylic acids is 1. The fourth-order valence-corrected chi connectivity index (χ4v) is 4.37. The molecule has 130 valence electrons. The molecule has 1 aromatic heterocycles. The number of hydrogen-bond acceptors (Lipinski definition) is 3. The van der Waals surface area contributed by atoms with Crippen molar-refractivity contribution < 1.29 is 4.79 Å². The standard InChI is InChI=1S/C21H25N3O/c25-21(19-12-6-7-13-22-19)24-14-8-2-5-11-18-20(24)17(15-23-18)16-9-3-1-4-10-16/h1,3-4,6-7,9-10,12-13,17-18,20,23H,2,5,8,11,14-15H2/t17-,18+,20-/m0/s1. The van der Waals surface area contributed by atoms with Gasteiger partial charge in [-0.3, -0.25) is 9.78 Å². The number of amides is 1. The topological polar surface area (TPSA) is 45.2 Å². The van der Waals surface area contributed by atoms with Crippen LogP contribution in [0, 0.1) is 0 Å². The van der Waals surface area contributed by atoms with Crippen molar-refractivity contribution in [2.45, 2.75) is 43.7 Å². The van der Waals surface area contributed by atoms with E-state index in [-0.39, 0.29) is 11.9 Å². The Balaban J connectivity index is 1.68. The van der Waals surface area contributed by atoms with Gasteiger partial charge in [-0.25, -0.2) is 0 Å². The highest BCUT2D eigenvalue weighted by Crippen LogP contribution is 2.34. The lowest BCUT2D eigenvalue weighted by molar-refractivity contribution is 0.0615. The van der Waals surface area contributed by atoms with Crippen LogP contribution in [0.3, 0.4) is 0 Å². The third-order valence-corrected chi connectivity index (χ3v) is 5.57. The molecular formula is C21H25N3O. The van der Waals surface area contributed by atoms with E-state index >= 15 is 0 Å². The number of likely N-dealkylation sites (tertiary alicyclic amines) is 1. The zero-order valence-electron chi connectivity index (χ0n) is 14.5. The number of aromatic nitrogens is 1. The van der Waals surface area contributed by atoms with Gasteiger partial charge in [-0.05, 0) is 30.5 Å². The lowest BCUT2D eigenvalue weighted by Gasteiger charge is -2.37. The van der Waals surface area contributed by atoms with Crippen molar-refractivity contribution in [2.24, 2.45) is 0 Å². The number of rotatable bonds is 2. The van der Waals surface area contributed by atoms with E-state index < -0.39 is 0 Å². The van der Waals surface area contributed by atoms with Crippen LogP contribution in [0.25, 0.3) is 0 Å². The molecule has 4 rings (SSSR count). The highest BCUT2D eigenvalue weighted by Gasteiger charge is 2.42. The van der Waals surface area contributed by atoms with Gasteiger partial charge in [-0.1, -0.05) is 49.2 Å². The molecule has 2 aliphatic rings. The summed E-state index contributed by atoms with van der Waals surface area (Å²) in [6.45, 7) is 1.76. The molecule has 0 saturated carbocycles. The molecular weight excluding hydrogens is 310 g/mol. The Morgan fingerprint density at radius 3 is 2.68 bits per heavy atom. The Bertz CT molecular complexity index is 704. The van der Waals surface area contributed by atoms with E-state index in [0.29, 0.717) is 17.7 Å². The third kappa shape index (κ3) is 3.31. The molecule has 2 aromatic rings. The monoisotopic (exact) mass is 335 g/mol. The summed E-state index contributed by atoms with van der Waals surface area (Å²) >= 11 is 0. The molecule has 0 radical (unpaired) electrons. The summed E-state index contributed by atoms with van der Waals surface area (Å²) < 4.78 is 0. The maximum Gasteiger partial charge on any atom is 0.272 e. The molecule has 25 heavy (non-hydrogen) atoms. The van der Waals surface area contributed by atoms with Gasteiger partial charge in [0.1, 0.15) is 5.69 Å². The Labute approximate surface area is 149 Å². The minimum Gasteiger partial charge on any atom is -0.332 e. The van der Waals surface area contributed by atoms with Crippen molar-refractivity contribution in [2.75, 3.05) is 13.1 Å². The van der Waals surface area contributed by atoms with E-state index in [1.54, 1.807) is 6.20 Å². The molecule has 1 aromatic carbocycles. The lowest BCUT2D eigenvalue weighted by atomic mass is 9.86. The number of fused-ring (bicyclic) bond motifs is 1. The van der Waals surface area contributed by atoms with Crippen molar-refractivity contribution in [3.63, 3.8) is 0 Å². The van der Waals surface area contributed by atoms with Crippen LogP contribution < -0.4 is 5.32 Å². The Kier molecular flexibility index (Phi) is 4.79. The fourth-order valence-electron chi connectivity index (χ4n) is 4.37. The van der Waals surface area contributed by atoms with Gasteiger partial charge in [0, 0.05) is 31.2 Å². The largest absolute Gasteiger partial charge is 0.332 e. The van der Waals surface area contributed by atoms with Crippen molar-refractivity contribution in [1.82, 2.24) is 15.2 Å². The van der Waals surface area contributed by atoms with Gasteiger partial charge < -0.3 is 10.2 Å². The van der Waals surface area contributed by atoms with Gasteiger partial charge in [-0.2, -0.15) is 0 Å². The first-order chi connectivity index (χ1) is 12.3. The van der Waals surface area contributed by atoms with Crippen molar-refractivity contribution in [3.8, 4) is 0 Å². The molecule has 1 N–H and O–H groups in total. The molecule has 3 heterocycles. The summed E-state index contributed by atoms with van der Waals surface area (Å²) in [7, 11) is 0. The SMILES string of the molecule is O=C(c1ccccn1)N1CCCCC[C@H]2NC[C@@H](c3ccccc3)[C@@H]21. The number of nitrogens with one attached hydrogen (secondary N) is 1. The van der Waals surface area contributed by atoms with Crippen LogP contribution in [0.4, 0.5) is 0 Å². The van der Waals surface area contributed by atoms with E-state index in [0.717, 1.165) is 25.9 Å². The zero-order chi connectivity index (χ0) is 17.1. The van der Waals surface area contributed by atoms with Crippen molar-refractivity contribution in [3.05, 3.63) is 66.0 Å². The number of hydrogen-bond donors (Lipinski definition) is 1. The number of benzene rings is 1. The molecule has 1 amide bonds. The minimum absolute atomic E-state index is 0.0714. The molecule has 0 unspecified atom stereocenters. The average Bonchev–Trinajstić information content (AvgIpc) is 3.06. The smallest absolute Gasteiger partial charge is 0.272 e. The highest BCUT2D eigenvalue weighted by molar-refractivity contribution is 5.92. The normalized spacial score (nSPS) is 26.6. The first-order valence-corrected chi connectivity index (χ1v) is 9.35. The molecule has 0 aliphatic carbocycles. The van der Waals surface area contributed by atoms with Crippen LogP contribution >= 0.6 is 0 Å². The highest BCUT2D eigenvalue weighted by atomic mass is 16.2. The van der Waals surface area contributed by atoms with E-state index in [2.05, 4.69) is 45.5 Å². The third-order valence-electron chi connectivity index (χ3n) is 5.57. The van der Waals surface area contributed by atoms with Gasteiger partial charge in [0.2, 0.25) is 0 Å². The van der Waals surface area contributed by atoms with Crippen molar-refractivity contribution in [1.29, 1.82) is 0 Å². The van der Waals surface area contributed by atoms with Crippen LogP contribution in [-0.2, 0) is 0 Å². The Morgan fingerprint density at radius 2 is 1.88 bits per heavy atom. The van der Waals surface area contributed by atoms with E-state index in [9.17, 15) is 4.79 Å². The zero-order valence-corrected chi connectivity index (χ0v) is 14.5. The summed E-state index contributed by atoms with van der Waals surface area (Å²) in [6.07, 6.45) is 6.34. The maximum absolute atomic E-state index is 13.2. The van der Waals surface area contributed by atoms with E-state index in [1.807, 2.05) is 18.2 Å². The van der Waals surface area contributed by atoms with E-state index in [1.165, 1.54) is 18.4 Å². The lowest BCUT2D eigenvalue weighted by Crippen LogP contribution is -2.50. The minimum atomic E-state index is 0.0714. The first-order valence-electron chi connectivity index (χ1n) is 9.35. The van der Waals surface area contributed by atoms with Crippen LogP contribution in [0.15, 0.2) is 54.7 Å². The van der Waals surface area contributed by atoms with Gasteiger partial charge >= 0.3 is 0 Å². The molecule has 4 nitrogen and oxygen atoms in total. The van der Waals surface area contributed by atoms with Crippen molar-refractivity contribution >= 4 is 5.91 Å². The predicted octanol–water partition coefficient (Wildman–Crippen LogP) is 3.22. The summed E-state index contributed by atoms with van der Waals surface area (Å²) in [5.41, 5.74) is 1.88. The van der Waals surface area contributed by atoms with Gasteiger partial charge in [0.25, 0.3) is 5.91 Å².